The number of nitrogens with one attached hydrogen (secondary N) is 2. The molecule has 1 aliphatic carbocycles. The van der Waals surface area contributed by atoms with Crippen LogP contribution in [0.4, 0.5) is 0 Å². The Kier molecular flexibility index (Phi) is 6.21. The normalized spacial score (nSPS) is 16.2. The number of rotatable bonds is 9. The second-order valence-corrected chi connectivity index (χ2v) is 5.79. The first-order valence-corrected chi connectivity index (χ1v) is 7.79. The minimum absolute atomic E-state index is 0.173. The van der Waals surface area contributed by atoms with Crippen LogP contribution in [-0.2, 0) is 16.0 Å². The lowest BCUT2D eigenvalue weighted by atomic mass is 9.64. The summed E-state index contributed by atoms with van der Waals surface area (Å²) in [6.45, 7) is 2.99. The fourth-order valence-electron chi connectivity index (χ4n) is 2.83. The molecule has 1 aliphatic rings. The van der Waals surface area contributed by atoms with Crippen molar-refractivity contribution in [1.82, 2.24) is 10.6 Å². The largest absolute Gasteiger partial charge is 0.383 e. The van der Waals surface area contributed by atoms with Gasteiger partial charge in [0.1, 0.15) is 0 Å². The molecule has 1 aromatic rings. The summed E-state index contributed by atoms with van der Waals surface area (Å²) < 4.78 is 4.97. The van der Waals surface area contributed by atoms with Gasteiger partial charge in [-0.1, -0.05) is 36.8 Å². The third-order valence-corrected chi connectivity index (χ3v) is 4.25. The van der Waals surface area contributed by atoms with E-state index in [0.29, 0.717) is 13.2 Å². The van der Waals surface area contributed by atoms with E-state index in [0.717, 1.165) is 38.8 Å². The van der Waals surface area contributed by atoms with E-state index >= 15 is 0 Å². The predicted octanol–water partition coefficient (Wildman–Crippen LogP) is 1.75. The number of benzene rings is 1. The zero-order valence-corrected chi connectivity index (χ0v) is 12.9. The molecule has 1 aromatic carbocycles. The quantitative estimate of drug-likeness (QED) is 0.681. The van der Waals surface area contributed by atoms with Gasteiger partial charge >= 0.3 is 0 Å². The van der Waals surface area contributed by atoms with Crippen molar-refractivity contribution in [2.75, 3.05) is 33.4 Å². The molecule has 0 heterocycles. The van der Waals surface area contributed by atoms with Gasteiger partial charge in [-0.15, -0.1) is 0 Å². The van der Waals surface area contributed by atoms with Crippen molar-refractivity contribution in [3.05, 3.63) is 35.9 Å². The van der Waals surface area contributed by atoms with Gasteiger partial charge in [-0.25, -0.2) is 0 Å². The van der Waals surface area contributed by atoms with Crippen molar-refractivity contribution in [3.8, 4) is 0 Å². The first-order chi connectivity index (χ1) is 10.3. The first kappa shape index (κ1) is 16.0. The number of amides is 1. The molecule has 116 valence electrons. The second-order valence-electron chi connectivity index (χ2n) is 5.79. The zero-order chi connectivity index (χ0) is 15.0. The number of methoxy groups -OCH3 is 1. The van der Waals surface area contributed by atoms with Crippen LogP contribution in [0.25, 0.3) is 0 Å². The van der Waals surface area contributed by atoms with Gasteiger partial charge in [0.25, 0.3) is 0 Å². The van der Waals surface area contributed by atoms with E-state index in [4.69, 9.17) is 4.74 Å². The molecule has 2 N–H and O–H groups in total. The Bertz CT molecular complexity index is 430. The summed E-state index contributed by atoms with van der Waals surface area (Å²) in [5.41, 5.74) is 1.08. The zero-order valence-electron chi connectivity index (χ0n) is 12.9. The van der Waals surface area contributed by atoms with Crippen LogP contribution in [0.2, 0.25) is 0 Å². The van der Waals surface area contributed by atoms with Gasteiger partial charge in [0.05, 0.1) is 12.0 Å². The number of hydrogen-bond donors (Lipinski definition) is 2. The molecule has 0 bridgehead atoms. The van der Waals surface area contributed by atoms with E-state index in [9.17, 15) is 4.79 Å². The number of carbonyl (C=O) groups is 1. The Labute approximate surface area is 127 Å². The third kappa shape index (κ3) is 4.55. The minimum atomic E-state index is -0.173. The molecule has 0 saturated heterocycles. The molecule has 0 radical (unpaired) electrons. The molecule has 0 aliphatic heterocycles. The Morgan fingerprint density at radius 1 is 1.19 bits per heavy atom. The highest BCUT2D eigenvalue weighted by molar-refractivity contribution is 5.83. The maximum Gasteiger partial charge on any atom is 0.226 e. The molecule has 1 amide bonds. The Balaban J connectivity index is 1.76. The minimum Gasteiger partial charge on any atom is -0.383 e. The van der Waals surface area contributed by atoms with Gasteiger partial charge < -0.3 is 15.4 Å². The molecule has 0 aromatic heterocycles. The summed E-state index contributed by atoms with van der Waals surface area (Å²) in [6, 6.07) is 10.3. The van der Waals surface area contributed by atoms with Gasteiger partial charge in [0.2, 0.25) is 5.91 Å². The molecule has 4 nitrogen and oxygen atoms in total. The van der Waals surface area contributed by atoms with E-state index in [1.807, 2.05) is 18.2 Å². The van der Waals surface area contributed by atoms with Gasteiger partial charge in [0, 0.05) is 26.7 Å². The number of carbonyl (C=O) groups excluding carboxylic acids is 1. The Morgan fingerprint density at radius 3 is 2.57 bits per heavy atom. The SMILES string of the molecule is COCCNCCNC(=O)C1(Cc2ccccc2)CCC1. The molecule has 1 saturated carbocycles. The van der Waals surface area contributed by atoms with Crippen molar-refractivity contribution in [1.29, 1.82) is 0 Å². The van der Waals surface area contributed by atoms with E-state index in [-0.39, 0.29) is 11.3 Å². The molecular formula is C17H26N2O2. The molecule has 2 rings (SSSR count). The maximum atomic E-state index is 12.5. The van der Waals surface area contributed by atoms with Crippen LogP contribution >= 0.6 is 0 Å². The van der Waals surface area contributed by atoms with Crippen molar-refractivity contribution in [3.63, 3.8) is 0 Å². The molecule has 21 heavy (non-hydrogen) atoms. The van der Waals surface area contributed by atoms with Gasteiger partial charge in [-0.3, -0.25) is 4.79 Å². The Morgan fingerprint density at radius 2 is 1.95 bits per heavy atom. The van der Waals surface area contributed by atoms with E-state index in [2.05, 4.69) is 22.8 Å². The first-order valence-electron chi connectivity index (χ1n) is 7.79. The highest BCUT2D eigenvalue weighted by Crippen LogP contribution is 2.43. The summed E-state index contributed by atoms with van der Waals surface area (Å²) in [5.74, 6) is 0.214. The maximum absolute atomic E-state index is 12.5. The topological polar surface area (TPSA) is 50.4 Å². The highest BCUT2D eigenvalue weighted by atomic mass is 16.5. The van der Waals surface area contributed by atoms with Gasteiger partial charge in [-0.2, -0.15) is 0 Å². The van der Waals surface area contributed by atoms with Crippen LogP contribution in [0.5, 0.6) is 0 Å². The van der Waals surface area contributed by atoms with Crippen LogP contribution in [0.3, 0.4) is 0 Å². The van der Waals surface area contributed by atoms with Gasteiger partial charge in [0.15, 0.2) is 0 Å². The van der Waals surface area contributed by atoms with Crippen molar-refractivity contribution >= 4 is 5.91 Å². The average molecular weight is 290 g/mol. The summed E-state index contributed by atoms with van der Waals surface area (Å²) in [4.78, 5) is 12.5. The van der Waals surface area contributed by atoms with Crippen LogP contribution < -0.4 is 10.6 Å². The molecule has 4 heteroatoms. The van der Waals surface area contributed by atoms with Gasteiger partial charge in [-0.05, 0) is 24.8 Å². The van der Waals surface area contributed by atoms with Crippen LogP contribution in [0, 0.1) is 5.41 Å². The molecule has 0 spiro atoms. The molecule has 0 unspecified atom stereocenters. The monoisotopic (exact) mass is 290 g/mol. The fraction of sp³-hybridized carbons (Fsp3) is 0.588. The molecular weight excluding hydrogens is 264 g/mol. The van der Waals surface area contributed by atoms with Crippen LogP contribution in [0.15, 0.2) is 30.3 Å². The lowest BCUT2D eigenvalue weighted by molar-refractivity contribution is -0.135. The van der Waals surface area contributed by atoms with E-state index < -0.39 is 0 Å². The fourth-order valence-corrected chi connectivity index (χ4v) is 2.83. The average Bonchev–Trinajstić information content (AvgIpc) is 2.47. The van der Waals surface area contributed by atoms with Crippen LogP contribution in [0.1, 0.15) is 24.8 Å². The summed E-state index contributed by atoms with van der Waals surface area (Å²) in [6.07, 6.45) is 4.03. The second kappa shape index (κ2) is 8.15. The number of ether oxygens (including phenoxy) is 1. The van der Waals surface area contributed by atoms with Crippen molar-refractivity contribution in [2.24, 2.45) is 5.41 Å². The summed E-state index contributed by atoms with van der Waals surface area (Å²) >= 11 is 0. The van der Waals surface area contributed by atoms with Crippen molar-refractivity contribution in [2.45, 2.75) is 25.7 Å². The third-order valence-electron chi connectivity index (χ3n) is 4.25. The molecule has 1 fully saturated rings. The van der Waals surface area contributed by atoms with Crippen LogP contribution in [-0.4, -0.2) is 39.3 Å². The Hall–Kier alpha value is -1.39. The molecule has 0 atom stereocenters. The standard InChI is InChI=1S/C17H26N2O2/c1-21-13-12-18-10-11-19-16(20)17(8-5-9-17)14-15-6-3-2-4-7-15/h2-4,6-7,18H,5,8-14H2,1H3,(H,19,20). The summed E-state index contributed by atoms with van der Waals surface area (Å²) in [7, 11) is 1.69. The predicted molar refractivity (Wildman–Crippen MR) is 84.2 cm³/mol. The lowest BCUT2D eigenvalue weighted by Crippen LogP contribution is -2.48. The van der Waals surface area contributed by atoms with Crippen molar-refractivity contribution < 1.29 is 9.53 Å². The highest BCUT2D eigenvalue weighted by Gasteiger charge is 2.43. The lowest BCUT2D eigenvalue weighted by Gasteiger charge is -2.40. The number of hydrogen-bond acceptors (Lipinski definition) is 3. The van der Waals surface area contributed by atoms with E-state index in [1.165, 1.54) is 5.56 Å². The van der Waals surface area contributed by atoms with E-state index in [1.54, 1.807) is 7.11 Å². The summed E-state index contributed by atoms with van der Waals surface area (Å²) in [5, 5.41) is 6.32. The smallest absolute Gasteiger partial charge is 0.226 e.